The zero-order chi connectivity index (χ0) is 23.0. The van der Waals surface area contributed by atoms with Gasteiger partial charge in [-0.2, -0.15) is 0 Å². The number of rotatable bonds is 7. The number of terminal acetylenes is 1. The molecule has 4 rings (SSSR count). The predicted molar refractivity (Wildman–Crippen MR) is 128 cm³/mol. The van der Waals surface area contributed by atoms with Crippen molar-refractivity contribution >= 4 is 11.8 Å². The Labute approximate surface area is 195 Å². The van der Waals surface area contributed by atoms with E-state index in [-0.39, 0.29) is 24.3 Å². The molecule has 5 nitrogen and oxygen atoms in total. The normalized spacial score (nSPS) is 15.3. The third-order valence-corrected chi connectivity index (χ3v) is 6.19. The molecule has 0 spiro atoms. The molecule has 0 bridgehead atoms. The molecule has 0 radical (unpaired) electrons. The Bertz CT molecular complexity index is 1070. The lowest BCUT2D eigenvalue weighted by Gasteiger charge is -2.28. The summed E-state index contributed by atoms with van der Waals surface area (Å²) in [4.78, 5) is 33.6. The zero-order valence-electron chi connectivity index (χ0n) is 18.5. The molecule has 1 atom stereocenters. The van der Waals surface area contributed by atoms with Gasteiger partial charge in [0, 0.05) is 43.4 Å². The molecule has 1 saturated heterocycles. The van der Waals surface area contributed by atoms with Gasteiger partial charge in [0.15, 0.2) is 0 Å². The largest absolute Gasteiger partial charge is 0.340 e. The van der Waals surface area contributed by atoms with E-state index in [4.69, 9.17) is 6.42 Å². The van der Waals surface area contributed by atoms with Gasteiger partial charge in [0.05, 0.1) is 0 Å². The van der Waals surface area contributed by atoms with Crippen LogP contribution in [0.1, 0.15) is 35.1 Å². The summed E-state index contributed by atoms with van der Waals surface area (Å²) in [6.07, 6.45) is 8.12. The standard InChI is InChI=1S/C28H27N3O2/c1-2-27(32)31(20-25(22-11-5-3-6-12-22)23-13-7-4-8-14-23)21-28(33)30-18-16-24(19-30)26-15-9-10-17-29-26/h1,3-15,17,24-25H,16,18-21H2. The van der Waals surface area contributed by atoms with Gasteiger partial charge in [-0.3, -0.25) is 14.6 Å². The Balaban J connectivity index is 1.50. The van der Waals surface area contributed by atoms with Gasteiger partial charge in [-0.15, -0.1) is 6.42 Å². The Morgan fingerprint density at radius 1 is 1.00 bits per heavy atom. The average Bonchev–Trinajstić information content (AvgIpc) is 3.38. The highest BCUT2D eigenvalue weighted by Gasteiger charge is 2.30. The quantitative estimate of drug-likeness (QED) is 0.530. The minimum atomic E-state index is -0.472. The lowest BCUT2D eigenvalue weighted by Crippen LogP contribution is -2.43. The monoisotopic (exact) mass is 437 g/mol. The molecule has 1 aliphatic heterocycles. The predicted octanol–water partition coefficient (Wildman–Crippen LogP) is 3.69. The molecule has 2 aromatic carbocycles. The first-order valence-electron chi connectivity index (χ1n) is 11.2. The molecule has 1 unspecified atom stereocenters. The number of aromatic nitrogens is 1. The number of benzene rings is 2. The van der Waals surface area contributed by atoms with E-state index in [1.54, 1.807) is 6.20 Å². The Morgan fingerprint density at radius 3 is 2.21 bits per heavy atom. The number of hydrogen-bond acceptors (Lipinski definition) is 3. The van der Waals surface area contributed by atoms with Gasteiger partial charge in [0.2, 0.25) is 5.91 Å². The molecule has 0 saturated carbocycles. The SMILES string of the molecule is C#CC(=O)N(CC(=O)N1CCC(c2ccccn2)C1)CC(c1ccccc1)c1ccccc1. The van der Waals surface area contributed by atoms with Crippen molar-refractivity contribution in [3.63, 3.8) is 0 Å². The van der Waals surface area contributed by atoms with Crippen LogP contribution >= 0.6 is 0 Å². The number of nitrogens with zero attached hydrogens (tertiary/aromatic N) is 3. The molecular weight excluding hydrogens is 410 g/mol. The molecule has 2 heterocycles. The van der Waals surface area contributed by atoms with E-state index in [0.29, 0.717) is 19.6 Å². The maximum Gasteiger partial charge on any atom is 0.298 e. The smallest absolute Gasteiger partial charge is 0.298 e. The van der Waals surface area contributed by atoms with Crippen molar-refractivity contribution in [3.05, 3.63) is 102 Å². The number of amides is 2. The number of pyridine rings is 1. The maximum atomic E-state index is 13.2. The van der Waals surface area contributed by atoms with Gasteiger partial charge < -0.3 is 9.80 Å². The van der Waals surface area contributed by atoms with E-state index in [1.165, 1.54) is 4.90 Å². The Morgan fingerprint density at radius 2 is 1.64 bits per heavy atom. The molecule has 1 aliphatic rings. The molecule has 3 aromatic rings. The Hall–Kier alpha value is -3.91. The van der Waals surface area contributed by atoms with E-state index >= 15 is 0 Å². The van der Waals surface area contributed by atoms with Crippen LogP contribution in [0.4, 0.5) is 0 Å². The molecule has 0 N–H and O–H groups in total. The van der Waals surface area contributed by atoms with Gasteiger partial charge >= 0.3 is 0 Å². The minimum absolute atomic E-state index is 0.0336. The fraction of sp³-hybridized carbons (Fsp3) is 0.250. The molecule has 1 fully saturated rings. The van der Waals surface area contributed by atoms with Gasteiger partial charge in [-0.1, -0.05) is 66.7 Å². The summed E-state index contributed by atoms with van der Waals surface area (Å²) in [7, 11) is 0. The van der Waals surface area contributed by atoms with Crippen molar-refractivity contribution in [1.82, 2.24) is 14.8 Å². The number of hydrogen-bond donors (Lipinski definition) is 0. The highest BCUT2D eigenvalue weighted by molar-refractivity contribution is 5.95. The summed E-state index contributed by atoms with van der Waals surface area (Å²) in [5.41, 5.74) is 3.14. The number of carbonyl (C=O) groups is 2. The van der Waals surface area contributed by atoms with Crippen molar-refractivity contribution in [2.24, 2.45) is 0 Å². The second kappa shape index (κ2) is 10.6. The van der Waals surface area contributed by atoms with Crippen LogP contribution in [-0.4, -0.2) is 52.8 Å². The van der Waals surface area contributed by atoms with Crippen LogP contribution in [0.3, 0.4) is 0 Å². The highest BCUT2D eigenvalue weighted by atomic mass is 16.2. The number of carbonyl (C=O) groups excluding carboxylic acids is 2. The summed E-state index contributed by atoms with van der Waals surface area (Å²) >= 11 is 0. The highest BCUT2D eigenvalue weighted by Crippen LogP contribution is 2.27. The molecule has 2 amide bonds. The van der Waals surface area contributed by atoms with Gasteiger partial charge in [-0.05, 0) is 35.6 Å². The van der Waals surface area contributed by atoms with Crippen LogP contribution in [-0.2, 0) is 9.59 Å². The van der Waals surface area contributed by atoms with E-state index in [9.17, 15) is 9.59 Å². The first-order valence-corrected chi connectivity index (χ1v) is 11.2. The summed E-state index contributed by atoms with van der Waals surface area (Å²) in [5.74, 6) is 1.78. The van der Waals surface area contributed by atoms with Crippen LogP contribution in [0.15, 0.2) is 85.1 Å². The topological polar surface area (TPSA) is 53.5 Å². The summed E-state index contributed by atoms with van der Waals surface area (Å²) < 4.78 is 0. The van der Waals surface area contributed by atoms with Crippen LogP contribution < -0.4 is 0 Å². The van der Waals surface area contributed by atoms with Gasteiger partial charge in [0.25, 0.3) is 5.91 Å². The van der Waals surface area contributed by atoms with Crippen LogP contribution in [0.2, 0.25) is 0 Å². The number of likely N-dealkylation sites (tertiary alicyclic amines) is 1. The molecular formula is C28H27N3O2. The van der Waals surface area contributed by atoms with Crippen molar-refractivity contribution in [3.8, 4) is 12.3 Å². The molecule has 5 heteroatoms. The van der Waals surface area contributed by atoms with Crippen LogP contribution in [0.25, 0.3) is 0 Å². The van der Waals surface area contributed by atoms with Gasteiger partial charge in [0.1, 0.15) is 6.54 Å². The van der Waals surface area contributed by atoms with E-state index in [1.807, 2.05) is 83.8 Å². The maximum absolute atomic E-state index is 13.2. The molecule has 1 aromatic heterocycles. The minimum Gasteiger partial charge on any atom is -0.340 e. The summed E-state index contributed by atoms with van der Waals surface area (Å²) in [5, 5.41) is 0. The molecule has 166 valence electrons. The van der Waals surface area contributed by atoms with E-state index in [0.717, 1.165) is 23.2 Å². The lowest BCUT2D eigenvalue weighted by atomic mass is 9.90. The second-order valence-electron chi connectivity index (χ2n) is 8.28. The summed E-state index contributed by atoms with van der Waals surface area (Å²) in [6.45, 7) is 1.56. The second-order valence-corrected chi connectivity index (χ2v) is 8.28. The van der Waals surface area contributed by atoms with Crippen molar-refractivity contribution in [2.75, 3.05) is 26.2 Å². The first-order chi connectivity index (χ1) is 16.2. The van der Waals surface area contributed by atoms with Gasteiger partial charge in [-0.25, -0.2) is 0 Å². The van der Waals surface area contributed by atoms with E-state index in [2.05, 4.69) is 10.9 Å². The Kier molecular flexibility index (Phi) is 7.16. The van der Waals surface area contributed by atoms with Crippen LogP contribution in [0.5, 0.6) is 0 Å². The lowest BCUT2D eigenvalue weighted by molar-refractivity contribution is -0.137. The third-order valence-electron chi connectivity index (χ3n) is 6.19. The summed E-state index contributed by atoms with van der Waals surface area (Å²) in [6, 6.07) is 25.8. The van der Waals surface area contributed by atoms with Crippen molar-refractivity contribution in [2.45, 2.75) is 18.3 Å². The zero-order valence-corrected chi connectivity index (χ0v) is 18.5. The van der Waals surface area contributed by atoms with Crippen LogP contribution in [0, 0.1) is 12.3 Å². The third kappa shape index (κ3) is 5.48. The van der Waals surface area contributed by atoms with E-state index < -0.39 is 5.91 Å². The fourth-order valence-electron chi connectivity index (χ4n) is 4.41. The molecule has 33 heavy (non-hydrogen) atoms. The average molecular weight is 438 g/mol. The molecule has 0 aliphatic carbocycles. The first kappa shape index (κ1) is 22.3. The van der Waals surface area contributed by atoms with Crippen molar-refractivity contribution in [1.29, 1.82) is 0 Å². The fourth-order valence-corrected chi connectivity index (χ4v) is 4.41. The van der Waals surface area contributed by atoms with Crippen molar-refractivity contribution < 1.29 is 9.59 Å².